The average Bonchev–Trinajstić information content (AvgIpc) is 2.93. The van der Waals surface area contributed by atoms with Crippen LogP contribution in [-0.4, -0.2) is 25.4 Å². The summed E-state index contributed by atoms with van der Waals surface area (Å²) >= 11 is 0. The van der Waals surface area contributed by atoms with Crippen LogP contribution in [0, 0.1) is 20.8 Å². The molecular formula is C33H37NO4. The van der Waals surface area contributed by atoms with Gasteiger partial charge in [0.15, 0.2) is 23.9 Å². The maximum absolute atomic E-state index is 12.7. The number of amides is 1. The molecule has 5 heteroatoms. The minimum Gasteiger partial charge on any atom is -0.493 e. The molecule has 1 aliphatic carbocycles. The molecular weight excluding hydrogens is 474 g/mol. The van der Waals surface area contributed by atoms with Gasteiger partial charge in [-0.2, -0.15) is 0 Å². The van der Waals surface area contributed by atoms with Crippen molar-refractivity contribution in [1.82, 2.24) is 0 Å². The summed E-state index contributed by atoms with van der Waals surface area (Å²) < 4.78 is 11.2. The number of carbonyl (C=O) groups excluding carboxylic acids is 2. The van der Waals surface area contributed by atoms with E-state index >= 15 is 0 Å². The number of anilines is 1. The van der Waals surface area contributed by atoms with E-state index in [0.29, 0.717) is 23.0 Å². The van der Waals surface area contributed by atoms with Crippen molar-refractivity contribution < 1.29 is 19.1 Å². The Morgan fingerprint density at radius 2 is 1.58 bits per heavy atom. The Morgan fingerprint density at radius 3 is 2.24 bits per heavy atom. The van der Waals surface area contributed by atoms with Crippen LogP contribution in [0.25, 0.3) is 6.08 Å². The number of allylic oxidation sites excluding steroid dienone is 1. The topological polar surface area (TPSA) is 64.6 Å². The van der Waals surface area contributed by atoms with Crippen LogP contribution in [-0.2, 0) is 4.79 Å². The molecule has 0 radical (unpaired) electrons. The number of hydrogen-bond acceptors (Lipinski definition) is 4. The Balaban J connectivity index is 1.35. The van der Waals surface area contributed by atoms with Crippen LogP contribution in [0.1, 0.15) is 76.2 Å². The summed E-state index contributed by atoms with van der Waals surface area (Å²) in [5.41, 5.74) is 6.81. The largest absolute Gasteiger partial charge is 0.493 e. The number of rotatable bonds is 9. The Morgan fingerprint density at radius 1 is 0.895 bits per heavy atom. The zero-order valence-corrected chi connectivity index (χ0v) is 22.8. The fourth-order valence-corrected chi connectivity index (χ4v) is 5.23. The second-order valence-electron chi connectivity index (χ2n) is 10.2. The predicted molar refractivity (Wildman–Crippen MR) is 153 cm³/mol. The van der Waals surface area contributed by atoms with E-state index in [9.17, 15) is 9.59 Å². The van der Waals surface area contributed by atoms with E-state index in [4.69, 9.17) is 9.47 Å². The van der Waals surface area contributed by atoms with Gasteiger partial charge in [0.05, 0.1) is 7.11 Å². The Hall–Kier alpha value is -3.86. The van der Waals surface area contributed by atoms with E-state index < -0.39 is 0 Å². The zero-order chi connectivity index (χ0) is 27.1. The van der Waals surface area contributed by atoms with Crippen LogP contribution in [0.2, 0.25) is 0 Å². The number of methoxy groups -OCH3 is 1. The van der Waals surface area contributed by atoms with Crippen molar-refractivity contribution in [3.05, 3.63) is 94.1 Å². The summed E-state index contributed by atoms with van der Waals surface area (Å²) in [4.78, 5) is 25.3. The minimum absolute atomic E-state index is 0.0437. The lowest BCUT2D eigenvalue weighted by Gasteiger charge is -2.21. The van der Waals surface area contributed by atoms with Gasteiger partial charge in [-0.3, -0.25) is 9.59 Å². The molecule has 3 aromatic carbocycles. The summed E-state index contributed by atoms with van der Waals surface area (Å²) in [5, 5.41) is 2.94. The normalized spacial score (nSPS) is 13.9. The van der Waals surface area contributed by atoms with Crippen LogP contribution in [0.3, 0.4) is 0 Å². The molecule has 0 spiro atoms. The smallest absolute Gasteiger partial charge is 0.262 e. The van der Waals surface area contributed by atoms with Gasteiger partial charge in [0, 0.05) is 11.3 Å². The van der Waals surface area contributed by atoms with Crippen LogP contribution in [0.5, 0.6) is 11.5 Å². The van der Waals surface area contributed by atoms with Crippen molar-refractivity contribution in [2.24, 2.45) is 0 Å². The van der Waals surface area contributed by atoms with E-state index in [0.717, 1.165) is 27.9 Å². The molecule has 38 heavy (non-hydrogen) atoms. The van der Waals surface area contributed by atoms with Crippen LogP contribution in [0.4, 0.5) is 5.69 Å². The Labute approximate surface area is 225 Å². The van der Waals surface area contributed by atoms with E-state index in [1.165, 1.54) is 37.7 Å². The first-order chi connectivity index (χ1) is 18.3. The highest BCUT2D eigenvalue weighted by atomic mass is 16.5. The number of hydrogen-bond donors (Lipinski definition) is 1. The zero-order valence-electron chi connectivity index (χ0n) is 22.8. The summed E-state index contributed by atoms with van der Waals surface area (Å²) in [5.74, 6) is 1.29. The van der Waals surface area contributed by atoms with Crippen molar-refractivity contribution in [3.8, 4) is 11.5 Å². The molecule has 1 N–H and O–H groups in total. The standard InChI is InChI=1S/C33H37NO4/c1-22-18-23(2)33(24(3)19-22)34-32(36)21-38-30-17-11-25(20-31(30)37-4)10-16-29(35)28-14-12-27(13-15-28)26-8-6-5-7-9-26/h10-20,26H,5-9,21H2,1-4H3,(H,34,36). The summed E-state index contributed by atoms with van der Waals surface area (Å²) in [6, 6.07) is 17.5. The van der Waals surface area contributed by atoms with E-state index in [1.807, 2.05) is 51.1 Å². The fourth-order valence-electron chi connectivity index (χ4n) is 5.23. The number of ether oxygens (including phenoxy) is 2. The van der Waals surface area contributed by atoms with E-state index in [-0.39, 0.29) is 18.3 Å². The van der Waals surface area contributed by atoms with Crippen molar-refractivity contribution in [3.63, 3.8) is 0 Å². The first-order valence-electron chi connectivity index (χ1n) is 13.3. The molecule has 1 fully saturated rings. The van der Waals surface area contributed by atoms with Crippen LogP contribution in [0.15, 0.2) is 60.7 Å². The van der Waals surface area contributed by atoms with Crippen LogP contribution >= 0.6 is 0 Å². The second kappa shape index (κ2) is 12.6. The average molecular weight is 512 g/mol. The van der Waals surface area contributed by atoms with Crippen molar-refractivity contribution in [1.29, 1.82) is 0 Å². The lowest BCUT2D eigenvalue weighted by atomic mass is 9.84. The number of aryl methyl sites for hydroxylation is 3. The fraction of sp³-hybridized carbons (Fsp3) is 0.333. The molecule has 198 valence electrons. The second-order valence-corrected chi connectivity index (χ2v) is 10.2. The minimum atomic E-state index is -0.244. The monoisotopic (exact) mass is 511 g/mol. The molecule has 0 atom stereocenters. The number of carbonyl (C=O) groups is 2. The molecule has 0 aromatic heterocycles. The third-order valence-electron chi connectivity index (χ3n) is 7.19. The first-order valence-corrected chi connectivity index (χ1v) is 13.3. The lowest BCUT2D eigenvalue weighted by molar-refractivity contribution is -0.118. The van der Waals surface area contributed by atoms with Gasteiger partial charge in [-0.15, -0.1) is 0 Å². The summed E-state index contributed by atoms with van der Waals surface area (Å²) in [6.07, 6.45) is 9.74. The Bertz CT molecular complexity index is 1290. The first kappa shape index (κ1) is 27.2. The summed E-state index contributed by atoms with van der Waals surface area (Å²) in [6.45, 7) is 5.84. The molecule has 1 amide bonds. The SMILES string of the molecule is COc1cc(C=CC(=O)c2ccc(C3CCCCC3)cc2)ccc1OCC(=O)Nc1c(C)cc(C)cc1C. The van der Waals surface area contributed by atoms with E-state index in [1.54, 1.807) is 31.4 Å². The van der Waals surface area contributed by atoms with Gasteiger partial charge in [-0.1, -0.05) is 73.4 Å². The van der Waals surface area contributed by atoms with Gasteiger partial charge in [-0.25, -0.2) is 0 Å². The van der Waals surface area contributed by atoms with Crippen LogP contribution < -0.4 is 14.8 Å². The highest BCUT2D eigenvalue weighted by Gasteiger charge is 2.16. The highest BCUT2D eigenvalue weighted by Crippen LogP contribution is 2.33. The number of benzene rings is 3. The lowest BCUT2D eigenvalue weighted by Crippen LogP contribution is -2.21. The Kier molecular flexibility index (Phi) is 9.01. The predicted octanol–water partition coefficient (Wildman–Crippen LogP) is 7.58. The maximum atomic E-state index is 12.7. The quantitative estimate of drug-likeness (QED) is 0.238. The molecule has 0 aliphatic heterocycles. The van der Waals surface area contributed by atoms with Gasteiger partial charge in [0.25, 0.3) is 5.91 Å². The molecule has 4 rings (SSSR count). The third kappa shape index (κ3) is 6.91. The van der Waals surface area contributed by atoms with Gasteiger partial charge >= 0.3 is 0 Å². The van der Waals surface area contributed by atoms with Crippen molar-refractivity contribution in [2.75, 3.05) is 19.0 Å². The molecule has 3 aromatic rings. The molecule has 1 saturated carbocycles. The molecule has 0 heterocycles. The molecule has 5 nitrogen and oxygen atoms in total. The molecule has 1 aliphatic rings. The molecule has 0 unspecified atom stereocenters. The van der Waals surface area contributed by atoms with E-state index in [2.05, 4.69) is 17.4 Å². The van der Waals surface area contributed by atoms with Gasteiger partial charge in [-0.05, 0) is 80.0 Å². The van der Waals surface area contributed by atoms with Gasteiger partial charge < -0.3 is 14.8 Å². The third-order valence-corrected chi connectivity index (χ3v) is 7.19. The van der Waals surface area contributed by atoms with Gasteiger partial charge in [0.2, 0.25) is 0 Å². The number of nitrogens with one attached hydrogen (secondary N) is 1. The molecule has 0 saturated heterocycles. The van der Waals surface area contributed by atoms with Gasteiger partial charge in [0.1, 0.15) is 0 Å². The highest BCUT2D eigenvalue weighted by molar-refractivity contribution is 6.06. The maximum Gasteiger partial charge on any atom is 0.262 e. The van der Waals surface area contributed by atoms with Crippen molar-refractivity contribution >= 4 is 23.5 Å². The summed E-state index contributed by atoms with van der Waals surface area (Å²) in [7, 11) is 1.55. The molecule has 0 bridgehead atoms. The number of ketones is 1. The van der Waals surface area contributed by atoms with Crippen molar-refractivity contribution in [2.45, 2.75) is 58.8 Å².